The van der Waals surface area contributed by atoms with Crippen LogP contribution in [0, 0.1) is 0 Å². The summed E-state index contributed by atoms with van der Waals surface area (Å²) >= 11 is 0. The van der Waals surface area contributed by atoms with Gasteiger partial charge in [-0.15, -0.1) is 0 Å². The molecule has 0 aliphatic heterocycles. The third kappa shape index (κ3) is 6.05. The first-order valence-electron chi connectivity index (χ1n) is 25.0. The summed E-state index contributed by atoms with van der Waals surface area (Å²) in [7, 11) is 0. The third-order valence-corrected chi connectivity index (χ3v) is 15.4. The number of nitrogens with zero attached hydrogens (tertiary/aromatic N) is 3. The summed E-state index contributed by atoms with van der Waals surface area (Å²) in [5.74, 6) is 0. The van der Waals surface area contributed by atoms with Crippen LogP contribution in [0.2, 0.25) is 0 Å². The van der Waals surface area contributed by atoms with E-state index in [1.54, 1.807) is 0 Å². The van der Waals surface area contributed by atoms with Gasteiger partial charge in [-0.2, -0.15) is 0 Å². The van der Waals surface area contributed by atoms with Crippen molar-refractivity contribution in [2.24, 2.45) is 0 Å². The monoisotopic (exact) mass is 927 g/mol. The zero-order valence-corrected chi connectivity index (χ0v) is 39.4. The molecule has 0 aliphatic rings. The number of fused-ring (bicyclic) bond motifs is 16. The maximum absolute atomic E-state index is 6.86. The van der Waals surface area contributed by atoms with Gasteiger partial charge in [0, 0.05) is 54.8 Å². The molecule has 0 unspecified atom stereocenters. The summed E-state index contributed by atoms with van der Waals surface area (Å²) in [5.41, 5.74) is 14.7. The molecule has 0 amide bonds. The van der Waals surface area contributed by atoms with Crippen molar-refractivity contribution < 1.29 is 4.42 Å². The fourth-order valence-electron chi connectivity index (χ4n) is 12.1. The normalized spacial score (nSPS) is 12.1. The van der Waals surface area contributed by atoms with E-state index >= 15 is 0 Å². The lowest BCUT2D eigenvalue weighted by atomic mass is 9.93. The molecule has 0 aliphatic carbocycles. The SMILES string of the molecule is c1ccc(-n2c3ccccc3c3cc(-c4cc(-c5ccc6c(c5)c5ccccc5n6-c5ccc6ccccc6c5)cc(-c5ccc6c(c5)oc5cc7c8ccccc8c8ccccc8c7cc56)n4)ccc32)cc1. The molecule has 4 aromatic heterocycles. The zero-order chi connectivity index (χ0) is 47.7. The Morgan fingerprint density at radius 1 is 0.247 bits per heavy atom. The smallest absolute Gasteiger partial charge is 0.136 e. The summed E-state index contributed by atoms with van der Waals surface area (Å²) in [6.07, 6.45) is 0. The molecule has 338 valence electrons. The Morgan fingerprint density at radius 3 is 1.42 bits per heavy atom. The van der Waals surface area contributed by atoms with Gasteiger partial charge in [0.2, 0.25) is 0 Å². The number of para-hydroxylation sites is 3. The van der Waals surface area contributed by atoms with Gasteiger partial charge in [0.15, 0.2) is 0 Å². The standard InChI is InChI=1S/C69H41N3O/c1-2-16-48(17-3-1)71-64-24-12-10-23-55(64)60-36-45(29-33-66(60)71)62-37-47(44-28-32-67-59(35-44)54-22-11-13-25-65(54)72(67)49-30-26-42-14-4-5-15-43(42)34-49)38-63(70-62)46-27-31-56-61-40-57-52-20-8-6-18-50(52)51-19-7-9-21-53(51)58(57)41-69(61)73-68(56)39-46/h1-41H. The molecule has 0 saturated carbocycles. The summed E-state index contributed by atoms with van der Waals surface area (Å²) in [6, 6.07) is 90.4. The van der Waals surface area contributed by atoms with Gasteiger partial charge in [0.25, 0.3) is 0 Å². The summed E-state index contributed by atoms with van der Waals surface area (Å²) in [4.78, 5) is 5.55. The second-order valence-electron chi connectivity index (χ2n) is 19.5. The fraction of sp³-hybridized carbons (Fsp3) is 0. The summed E-state index contributed by atoms with van der Waals surface area (Å²) < 4.78 is 11.6. The molecule has 0 radical (unpaired) electrons. The van der Waals surface area contributed by atoms with E-state index in [1.807, 2.05) is 0 Å². The van der Waals surface area contributed by atoms with Gasteiger partial charge >= 0.3 is 0 Å². The molecule has 0 saturated heterocycles. The number of hydrogen-bond acceptors (Lipinski definition) is 2. The number of rotatable bonds is 5. The van der Waals surface area contributed by atoms with Crippen LogP contribution in [0.3, 0.4) is 0 Å². The van der Waals surface area contributed by atoms with Crippen LogP contribution in [-0.4, -0.2) is 14.1 Å². The van der Waals surface area contributed by atoms with E-state index in [0.29, 0.717) is 0 Å². The van der Waals surface area contributed by atoms with Crippen molar-refractivity contribution in [2.75, 3.05) is 0 Å². The zero-order valence-electron chi connectivity index (χ0n) is 39.4. The molecule has 0 bridgehead atoms. The number of aromatic nitrogens is 3. The van der Waals surface area contributed by atoms with Gasteiger partial charge in [-0.3, -0.25) is 0 Å². The fourth-order valence-corrected chi connectivity index (χ4v) is 12.1. The first-order chi connectivity index (χ1) is 36.2. The summed E-state index contributed by atoms with van der Waals surface area (Å²) in [6.45, 7) is 0. The molecule has 4 heteroatoms. The minimum absolute atomic E-state index is 0.836. The molecule has 4 heterocycles. The lowest BCUT2D eigenvalue weighted by Crippen LogP contribution is -1.94. The molecule has 0 N–H and O–H groups in total. The first kappa shape index (κ1) is 40.0. The Labute approximate surface area is 418 Å². The van der Waals surface area contributed by atoms with Gasteiger partial charge in [-0.05, 0) is 151 Å². The van der Waals surface area contributed by atoms with Crippen molar-refractivity contribution in [3.63, 3.8) is 0 Å². The maximum atomic E-state index is 6.86. The molecule has 0 atom stereocenters. The number of hydrogen-bond donors (Lipinski definition) is 0. The Morgan fingerprint density at radius 2 is 0.740 bits per heavy atom. The van der Waals surface area contributed by atoms with Crippen molar-refractivity contribution in [3.05, 3.63) is 249 Å². The quantitative estimate of drug-likeness (QED) is 0.161. The van der Waals surface area contributed by atoms with Crippen molar-refractivity contribution in [1.29, 1.82) is 0 Å². The van der Waals surface area contributed by atoms with E-state index in [0.717, 1.165) is 72.5 Å². The Bertz CT molecular complexity index is 4980. The Balaban J connectivity index is 0.902. The van der Waals surface area contributed by atoms with E-state index in [2.05, 4.69) is 258 Å². The van der Waals surface area contributed by atoms with Crippen LogP contribution < -0.4 is 0 Å². The molecule has 73 heavy (non-hydrogen) atoms. The molecule has 0 spiro atoms. The molecular formula is C69H41N3O. The highest BCUT2D eigenvalue weighted by Gasteiger charge is 2.20. The van der Waals surface area contributed by atoms with Crippen molar-refractivity contribution in [3.8, 4) is 45.0 Å². The molecule has 0 fully saturated rings. The van der Waals surface area contributed by atoms with Gasteiger partial charge in [-0.1, -0.05) is 152 Å². The van der Waals surface area contributed by atoms with E-state index in [-0.39, 0.29) is 0 Å². The predicted molar refractivity (Wildman–Crippen MR) is 307 cm³/mol. The maximum Gasteiger partial charge on any atom is 0.136 e. The Hall–Kier alpha value is -9.77. The third-order valence-electron chi connectivity index (χ3n) is 15.4. The van der Waals surface area contributed by atoms with E-state index in [1.165, 1.54) is 81.2 Å². The van der Waals surface area contributed by atoms with Crippen molar-refractivity contribution in [1.82, 2.24) is 14.1 Å². The van der Waals surface area contributed by atoms with Crippen LogP contribution in [-0.2, 0) is 0 Å². The molecule has 12 aromatic carbocycles. The predicted octanol–water partition coefficient (Wildman–Crippen LogP) is 18.8. The van der Waals surface area contributed by atoms with Crippen LogP contribution >= 0.6 is 0 Å². The highest BCUT2D eigenvalue weighted by molar-refractivity contribution is 6.28. The topological polar surface area (TPSA) is 35.9 Å². The highest BCUT2D eigenvalue weighted by atomic mass is 16.3. The average Bonchev–Trinajstić information content (AvgIpc) is 4.11. The lowest BCUT2D eigenvalue weighted by molar-refractivity contribution is 0.669. The van der Waals surface area contributed by atoms with Gasteiger partial charge in [0.1, 0.15) is 11.2 Å². The van der Waals surface area contributed by atoms with Gasteiger partial charge in [0.05, 0.1) is 33.5 Å². The largest absolute Gasteiger partial charge is 0.456 e. The number of pyridine rings is 1. The van der Waals surface area contributed by atoms with Crippen LogP contribution in [0.15, 0.2) is 253 Å². The molecule has 16 rings (SSSR count). The minimum Gasteiger partial charge on any atom is -0.456 e. The molecule has 4 nitrogen and oxygen atoms in total. The molecule has 16 aromatic rings. The number of benzene rings is 12. The molecular weight excluding hydrogens is 887 g/mol. The van der Waals surface area contributed by atoms with Crippen molar-refractivity contribution >= 4 is 109 Å². The van der Waals surface area contributed by atoms with Crippen LogP contribution in [0.25, 0.3) is 154 Å². The second kappa shape index (κ2) is 15.4. The first-order valence-corrected chi connectivity index (χ1v) is 25.0. The highest BCUT2D eigenvalue weighted by Crippen LogP contribution is 2.43. The van der Waals surface area contributed by atoms with Gasteiger partial charge < -0.3 is 13.6 Å². The lowest BCUT2D eigenvalue weighted by Gasteiger charge is -2.12. The van der Waals surface area contributed by atoms with Gasteiger partial charge in [-0.25, -0.2) is 4.98 Å². The minimum atomic E-state index is 0.836. The summed E-state index contributed by atoms with van der Waals surface area (Å²) in [5, 5.41) is 16.9. The van der Waals surface area contributed by atoms with Crippen LogP contribution in [0.1, 0.15) is 0 Å². The van der Waals surface area contributed by atoms with E-state index in [4.69, 9.17) is 9.40 Å². The van der Waals surface area contributed by atoms with Crippen LogP contribution in [0.4, 0.5) is 0 Å². The second-order valence-corrected chi connectivity index (χ2v) is 19.5. The Kier molecular flexibility index (Phi) is 8.42. The number of furan rings is 1. The van der Waals surface area contributed by atoms with Crippen LogP contribution in [0.5, 0.6) is 0 Å². The van der Waals surface area contributed by atoms with E-state index < -0.39 is 0 Å². The van der Waals surface area contributed by atoms with E-state index in [9.17, 15) is 0 Å². The van der Waals surface area contributed by atoms with Crippen molar-refractivity contribution in [2.45, 2.75) is 0 Å². The average molecular weight is 928 g/mol.